The number of amidine groups is 1. The van der Waals surface area contributed by atoms with E-state index in [0.717, 1.165) is 27.9 Å². The van der Waals surface area contributed by atoms with Crippen LogP contribution in [-0.2, 0) is 9.59 Å². The van der Waals surface area contributed by atoms with Crippen LogP contribution in [0.25, 0.3) is 6.08 Å². The molecule has 2 aliphatic rings. The fourth-order valence-electron chi connectivity index (χ4n) is 3.96. The molecule has 1 N–H and O–H groups in total. The van der Waals surface area contributed by atoms with Crippen LogP contribution < -0.4 is 9.64 Å². The first-order chi connectivity index (χ1) is 16.9. The molecule has 7 nitrogen and oxygen atoms in total. The smallest absolute Gasteiger partial charge is 0.341 e. The van der Waals surface area contributed by atoms with Crippen molar-refractivity contribution in [2.75, 3.05) is 31.1 Å². The molecule has 2 heterocycles. The van der Waals surface area contributed by atoms with E-state index in [0.29, 0.717) is 26.8 Å². The molecule has 2 aromatic carbocycles. The number of rotatable bonds is 7. The van der Waals surface area contributed by atoms with Crippen molar-refractivity contribution in [3.63, 3.8) is 0 Å². The first-order valence-electron chi connectivity index (χ1n) is 11.3. The lowest BCUT2D eigenvalue weighted by atomic mass is 10.1. The van der Waals surface area contributed by atoms with E-state index in [9.17, 15) is 9.59 Å². The lowest BCUT2D eigenvalue weighted by Gasteiger charge is -2.28. The van der Waals surface area contributed by atoms with Gasteiger partial charge in [-0.05, 0) is 125 Å². The molecule has 2 aliphatic heterocycles. The molecule has 0 saturated carbocycles. The molecule has 2 aromatic rings. The Labute approximate surface area is 230 Å². The number of carboxylic acid groups (broad SMARTS) is 1. The highest BCUT2D eigenvalue weighted by atomic mass is 127. The molecule has 1 amide bonds. The van der Waals surface area contributed by atoms with Crippen molar-refractivity contribution >= 4 is 84.8 Å². The van der Waals surface area contributed by atoms with Crippen molar-refractivity contribution in [3.05, 3.63) is 54.9 Å². The first-order valence-corrected chi connectivity index (χ1v) is 14.0. The van der Waals surface area contributed by atoms with E-state index in [1.165, 1.54) is 36.7 Å². The maximum absolute atomic E-state index is 13.1. The summed E-state index contributed by atoms with van der Waals surface area (Å²) in [6.45, 7) is 4.23. The van der Waals surface area contributed by atoms with Gasteiger partial charge in [-0.2, -0.15) is 0 Å². The number of carbonyl (C=O) groups is 2. The minimum absolute atomic E-state index is 0.0847. The molecular formula is C25H25BrIN3O4S. The number of ether oxygens (including phenoxy) is 1. The summed E-state index contributed by atoms with van der Waals surface area (Å²) in [5.41, 5.74) is 2.84. The summed E-state index contributed by atoms with van der Waals surface area (Å²) in [6.07, 6.45) is 5.59. The highest BCUT2D eigenvalue weighted by Gasteiger charge is 2.32. The minimum Gasteiger partial charge on any atom is -0.480 e. The second kappa shape index (κ2) is 11.8. The minimum atomic E-state index is -1.04. The number of amides is 1. The summed E-state index contributed by atoms with van der Waals surface area (Å²) in [7, 11) is 0. The van der Waals surface area contributed by atoms with E-state index < -0.39 is 12.6 Å². The number of nitrogens with zero attached hydrogens (tertiary/aromatic N) is 3. The number of piperidine rings is 1. The maximum atomic E-state index is 13.1. The van der Waals surface area contributed by atoms with Gasteiger partial charge in [0.2, 0.25) is 0 Å². The lowest BCUT2D eigenvalue weighted by Crippen LogP contribution is -2.29. The number of aliphatic imine (C=N–C) groups is 1. The van der Waals surface area contributed by atoms with Gasteiger partial charge in [0, 0.05) is 25.3 Å². The van der Waals surface area contributed by atoms with Crippen LogP contribution in [0.3, 0.4) is 0 Å². The Balaban J connectivity index is 1.54. The average molecular weight is 670 g/mol. The third kappa shape index (κ3) is 6.39. The zero-order valence-electron chi connectivity index (χ0n) is 19.2. The number of thioether (sulfide) groups is 1. The number of benzene rings is 2. The van der Waals surface area contributed by atoms with Gasteiger partial charge in [-0.3, -0.25) is 9.69 Å². The molecular weight excluding hydrogens is 645 g/mol. The van der Waals surface area contributed by atoms with Crippen LogP contribution >= 0.6 is 50.3 Å². The normalized spacial score (nSPS) is 18.5. The van der Waals surface area contributed by atoms with Gasteiger partial charge in [-0.15, -0.1) is 0 Å². The molecule has 0 radical (unpaired) electrons. The highest BCUT2D eigenvalue weighted by molar-refractivity contribution is 14.1. The summed E-state index contributed by atoms with van der Waals surface area (Å²) >= 11 is 6.89. The standard InChI is InChI=1S/C25H25BrIN3O4S/c1-2-30-24(33)21(14-16-12-19(26)23(20(27)13-16)34-15-22(31)32)35-25(30)28-17-6-8-18(9-7-17)29-10-4-3-5-11-29/h6-9,12-14H,2-5,10-11,15H2,1H3,(H,31,32)/b21-14-,28-25?. The molecule has 0 bridgehead atoms. The fraction of sp³-hybridized carbons (Fsp3) is 0.320. The second-order valence-electron chi connectivity index (χ2n) is 8.11. The highest BCUT2D eigenvalue weighted by Crippen LogP contribution is 2.37. The van der Waals surface area contributed by atoms with E-state index in [1.807, 2.05) is 37.3 Å². The Morgan fingerprint density at radius 3 is 2.57 bits per heavy atom. The predicted molar refractivity (Wildman–Crippen MR) is 153 cm³/mol. The van der Waals surface area contributed by atoms with Crippen molar-refractivity contribution in [2.24, 2.45) is 4.99 Å². The van der Waals surface area contributed by atoms with E-state index in [4.69, 9.17) is 14.8 Å². The molecule has 2 fully saturated rings. The molecule has 4 rings (SSSR count). The van der Waals surface area contributed by atoms with Gasteiger partial charge >= 0.3 is 5.97 Å². The molecule has 184 valence electrons. The summed E-state index contributed by atoms with van der Waals surface area (Å²) in [6, 6.07) is 11.9. The Kier molecular flexibility index (Phi) is 8.77. The topological polar surface area (TPSA) is 82.4 Å². The molecule has 0 spiro atoms. The van der Waals surface area contributed by atoms with Crippen molar-refractivity contribution in [1.82, 2.24) is 4.90 Å². The number of hydrogen-bond donors (Lipinski definition) is 1. The largest absolute Gasteiger partial charge is 0.480 e. The zero-order valence-corrected chi connectivity index (χ0v) is 23.7. The molecule has 35 heavy (non-hydrogen) atoms. The number of likely N-dealkylation sites (N-methyl/N-ethyl adjacent to an activating group) is 1. The molecule has 10 heteroatoms. The van der Waals surface area contributed by atoms with Gasteiger partial charge in [-0.1, -0.05) is 0 Å². The third-order valence-electron chi connectivity index (χ3n) is 5.66. The molecule has 2 saturated heterocycles. The zero-order chi connectivity index (χ0) is 24.9. The van der Waals surface area contributed by atoms with Gasteiger partial charge in [0.05, 0.1) is 18.6 Å². The van der Waals surface area contributed by atoms with E-state index >= 15 is 0 Å². The summed E-state index contributed by atoms with van der Waals surface area (Å²) in [4.78, 5) is 33.3. The second-order valence-corrected chi connectivity index (χ2v) is 11.1. The Morgan fingerprint density at radius 2 is 1.94 bits per heavy atom. The van der Waals surface area contributed by atoms with Gasteiger partial charge in [-0.25, -0.2) is 9.79 Å². The number of aliphatic carboxylic acids is 1. The molecule has 0 atom stereocenters. The fourth-order valence-corrected chi connectivity index (χ4v) is 6.79. The van der Waals surface area contributed by atoms with Gasteiger partial charge in [0.1, 0.15) is 5.75 Å². The van der Waals surface area contributed by atoms with Crippen LogP contribution in [0.15, 0.2) is 50.8 Å². The van der Waals surface area contributed by atoms with Gasteiger partial charge < -0.3 is 14.7 Å². The van der Waals surface area contributed by atoms with Gasteiger partial charge in [0.25, 0.3) is 5.91 Å². The van der Waals surface area contributed by atoms with Crippen molar-refractivity contribution in [2.45, 2.75) is 26.2 Å². The summed E-state index contributed by atoms with van der Waals surface area (Å²) < 4.78 is 6.74. The van der Waals surface area contributed by atoms with Crippen LogP contribution in [0.2, 0.25) is 0 Å². The molecule has 0 unspecified atom stereocenters. The Morgan fingerprint density at radius 1 is 1.23 bits per heavy atom. The average Bonchev–Trinajstić information content (AvgIpc) is 3.12. The van der Waals surface area contributed by atoms with Crippen LogP contribution in [0.1, 0.15) is 31.7 Å². The quantitative estimate of drug-likeness (QED) is 0.282. The number of carbonyl (C=O) groups excluding carboxylic acids is 1. The monoisotopic (exact) mass is 669 g/mol. The van der Waals surface area contributed by atoms with E-state index in [2.05, 4.69) is 55.6 Å². The summed E-state index contributed by atoms with van der Waals surface area (Å²) in [5.74, 6) is -0.663. The van der Waals surface area contributed by atoms with Crippen LogP contribution in [-0.4, -0.2) is 53.3 Å². The van der Waals surface area contributed by atoms with Crippen LogP contribution in [0.4, 0.5) is 11.4 Å². The SMILES string of the molecule is CCN1C(=O)/C(=C/c2cc(Br)c(OCC(=O)O)c(I)c2)SC1=Nc1ccc(N2CCCCC2)cc1. The van der Waals surface area contributed by atoms with Gasteiger partial charge in [0.15, 0.2) is 11.8 Å². The van der Waals surface area contributed by atoms with E-state index in [1.54, 1.807) is 4.90 Å². The Hall–Kier alpha value is -2.05. The maximum Gasteiger partial charge on any atom is 0.341 e. The van der Waals surface area contributed by atoms with Crippen molar-refractivity contribution in [3.8, 4) is 5.75 Å². The predicted octanol–water partition coefficient (Wildman–Crippen LogP) is 6.13. The third-order valence-corrected chi connectivity index (χ3v) is 8.06. The number of halogens is 2. The van der Waals surface area contributed by atoms with Crippen LogP contribution in [0, 0.1) is 3.57 Å². The van der Waals surface area contributed by atoms with Crippen molar-refractivity contribution < 1.29 is 19.4 Å². The number of carboxylic acids is 1. The number of hydrogen-bond acceptors (Lipinski definition) is 6. The van der Waals surface area contributed by atoms with E-state index in [-0.39, 0.29) is 5.91 Å². The Bertz CT molecular complexity index is 1160. The summed E-state index contributed by atoms with van der Waals surface area (Å²) in [5, 5.41) is 9.53. The first kappa shape index (κ1) is 26.0. The van der Waals surface area contributed by atoms with Crippen molar-refractivity contribution in [1.29, 1.82) is 0 Å². The molecule has 0 aromatic heterocycles. The molecule has 0 aliphatic carbocycles. The number of anilines is 1. The van der Waals surface area contributed by atoms with Crippen LogP contribution in [0.5, 0.6) is 5.75 Å². The lowest BCUT2D eigenvalue weighted by molar-refractivity contribution is -0.139.